The van der Waals surface area contributed by atoms with Crippen LogP contribution in [0.1, 0.15) is 11.1 Å². The monoisotopic (exact) mass is 333 g/mol. The minimum absolute atomic E-state index is 0.253. The molecule has 0 aromatic heterocycles. The van der Waals surface area contributed by atoms with Gasteiger partial charge in [-0.3, -0.25) is 0 Å². The lowest BCUT2D eigenvalue weighted by atomic mass is 9.76. The second-order valence-electron chi connectivity index (χ2n) is 6.13. The quantitative estimate of drug-likeness (QED) is 0.679. The molecule has 0 aliphatic carbocycles. The van der Waals surface area contributed by atoms with E-state index in [1.165, 1.54) is 0 Å². The zero-order valence-corrected chi connectivity index (χ0v) is 13.6. The molecule has 0 amide bonds. The summed E-state index contributed by atoms with van der Waals surface area (Å²) in [5, 5.41) is 11.8. The van der Waals surface area contributed by atoms with Crippen LogP contribution in [0.25, 0.3) is 10.8 Å². The van der Waals surface area contributed by atoms with E-state index in [0.29, 0.717) is 11.8 Å². The Bertz CT molecular complexity index is 902. The van der Waals surface area contributed by atoms with Gasteiger partial charge in [-0.2, -0.15) is 0 Å². The maximum atomic E-state index is 12.0. The normalized spacial score (nSPS) is 14.6. The third-order valence-electron chi connectivity index (χ3n) is 4.67. The average molecular weight is 333 g/mol. The van der Waals surface area contributed by atoms with E-state index >= 15 is 0 Å². The molecular formula is C21H19NO3. The van der Waals surface area contributed by atoms with Crippen LogP contribution in [-0.4, -0.2) is 17.4 Å². The largest absolute Gasteiger partial charge is 0.480 e. The number of carboxylic acid groups (broad SMARTS) is 1. The van der Waals surface area contributed by atoms with Crippen LogP contribution < -0.4 is 5.73 Å². The Labute approximate surface area is 145 Å². The molecule has 3 rings (SSSR count). The summed E-state index contributed by atoms with van der Waals surface area (Å²) >= 11 is 0. The van der Waals surface area contributed by atoms with Gasteiger partial charge in [0.25, 0.3) is 0 Å². The third-order valence-corrected chi connectivity index (χ3v) is 4.67. The molecule has 126 valence electrons. The fraction of sp³-hybridized carbons (Fsp3) is 0.143. The second kappa shape index (κ2) is 6.87. The summed E-state index contributed by atoms with van der Waals surface area (Å²) in [5.74, 6) is -2.10. The minimum atomic E-state index is -1.78. The number of carboxylic acids is 1. The van der Waals surface area contributed by atoms with E-state index in [4.69, 9.17) is 5.73 Å². The van der Waals surface area contributed by atoms with Gasteiger partial charge in [0.2, 0.25) is 0 Å². The molecule has 0 bridgehead atoms. The van der Waals surface area contributed by atoms with E-state index in [1.807, 2.05) is 42.5 Å². The molecule has 0 radical (unpaired) electrons. The van der Waals surface area contributed by atoms with Crippen molar-refractivity contribution in [1.29, 1.82) is 0 Å². The maximum Gasteiger partial charge on any atom is 0.329 e. The molecule has 4 heteroatoms. The number of aldehydes is 1. The van der Waals surface area contributed by atoms with Crippen molar-refractivity contribution in [3.8, 4) is 0 Å². The Kier molecular flexibility index (Phi) is 4.63. The van der Waals surface area contributed by atoms with Gasteiger partial charge in [0, 0.05) is 0 Å². The molecule has 0 heterocycles. The third kappa shape index (κ3) is 3.04. The van der Waals surface area contributed by atoms with E-state index in [1.54, 1.807) is 30.3 Å². The highest BCUT2D eigenvalue weighted by Gasteiger charge is 2.44. The molecule has 0 saturated carbocycles. The topological polar surface area (TPSA) is 80.4 Å². The van der Waals surface area contributed by atoms with Crippen LogP contribution in [0.2, 0.25) is 0 Å². The number of rotatable bonds is 6. The standard InChI is InChI=1S/C21H19NO3/c22-21(20(24)25,17-10-2-1-3-11-17)18(14-23)13-16-9-6-8-15-7-4-5-12-19(15)16/h1-12,14,18H,13,22H2,(H,24,25). The van der Waals surface area contributed by atoms with E-state index in [0.717, 1.165) is 16.3 Å². The number of carbonyl (C=O) groups is 2. The van der Waals surface area contributed by atoms with Crippen LogP contribution in [0, 0.1) is 5.92 Å². The molecule has 2 unspecified atom stereocenters. The van der Waals surface area contributed by atoms with Gasteiger partial charge in [-0.05, 0) is 28.3 Å². The Morgan fingerprint density at radius 1 is 1.00 bits per heavy atom. The van der Waals surface area contributed by atoms with E-state index in [9.17, 15) is 14.7 Å². The Morgan fingerprint density at radius 2 is 1.64 bits per heavy atom. The zero-order valence-electron chi connectivity index (χ0n) is 13.6. The molecule has 0 saturated heterocycles. The molecule has 3 aromatic carbocycles. The summed E-state index contributed by atoms with van der Waals surface area (Å²) in [4.78, 5) is 23.8. The van der Waals surface area contributed by atoms with Crippen molar-refractivity contribution in [3.05, 3.63) is 83.9 Å². The maximum absolute atomic E-state index is 12.0. The van der Waals surface area contributed by atoms with Crippen LogP contribution in [0.15, 0.2) is 72.8 Å². The van der Waals surface area contributed by atoms with Gasteiger partial charge in [0.05, 0.1) is 5.92 Å². The summed E-state index contributed by atoms with van der Waals surface area (Å²) in [5.41, 5.74) is 5.82. The van der Waals surface area contributed by atoms with Crippen LogP contribution >= 0.6 is 0 Å². The van der Waals surface area contributed by atoms with Crippen molar-refractivity contribution in [2.45, 2.75) is 12.0 Å². The van der Waals surface area contributed by atoms with Crippen LogP contribution in [0.3, 0.4) is 0 Å². The average Bonchev–Trinajstić information content (AvgIpc) is 2.66. The van der Waals surface area contributed by atoms with Crippen molar-refractivity contribution < 1.29 is 14.7 Å². The van der Waals surface area contributed by atoms with Gasteiger partial charge < -0.3 is 15.6 Å². The summed E-state index contributed by atoms with van der Waals surface area (Å²) in [6.07, 6.45) is 0.908. The van der Waals surface area contributed by atoms with E-state index in [-0.39, 0.29) is 6.42 Å². The van der Waals surface area contributed by atoms with Gasteiger partial charge >= 0.3 is 5.97 Å². The zero-order chi connectivity index (χ0) is 17.9. The van der Waals surface area contributed by atoms with E-state index in [2.05, 4.69) is 0 Å². The number of nitrogens with two attached hydrogens (primary N) is 1. The van der Waals surface area contributed by atoms with Gasteiger partial charge in [-0.1, -0.05) is 72.8 Å². The lowest BCUT2D eigenvalue weighted by molar-refractivity contribution is -0.147. The molecule has 0 fully saturated rings. The SMILES string of the molecule is NC(C(=O)O)(c1ccccc1)C(C=O)Cc1cccc2ccccc12. The summed E-state index contributed by atoms with van der Waals surface area (Å²) < 4.78 is 0. The number of fused-ring (bicyclic) bond motifs is 1. The first kappa shape index (κ1) is 16.9. The number of aliphatic carboxylic acids is 1. The lowest BCUT2D eigenvalue weighted by Crippen LogP contribution is -2.52. The highest BCUT2D eigenvalue weighted by Crippen LogP contribution is 2.31. The summed E-state index contributed by atoms with van der Waals surface area (Å²) in [7, 11) is 0. The Morgan fingerprint density at radius 3 is 2.32 bits per heavy atom. The van der Waals surface area contributed by atoms with Gasteiger partial charge in [-0.25, -0.2) is 4.79 Å². The van der Waals surface area contributed by atoms with Gasteiger partial charge in [0.15, 0.2) is 0 Å². The molecule has 0 aliphatic rings. The molecule has 3 aromatic rings. The molecule has 0 spiro atoms. The first-order chi connectivity index (χ1) is 12.1. The first-order valence-corrected chi connectivity index (χ1v) is 8.07. The van der Waals surface area contributed by atoms with Crippen molar-refractivity contribution in [3.63, 3.8) is 0 Å². The summed E-state index contributed by atoms with van der Waals surface area (Å²) in [6.45, 7) is 0. The van der Waals surface area contributed by atoms with E-state index < -0.39 is 17.4 Å². The predicted molar refractivity (Wildman–Crippen MR) is 97.1 cm³/mol. The number of hydrogen-bond acceptors (Lipinski definition) is 3. The molecule has 0 aliphatic heterocycles. The van der Waals surface area contributed by atoms with Crippen molar-refractivity contribution in [2.24, 2.45) is 11.7 Å². The first-order valence-electron chi connectivity index (χ1n) is 8.07. The number of hydrogen-bond donors (Lipinski definition) is 2. The Balaban J connectivity index is 2.06. The van der Waals surface area contributed by atoms with Crippen LogP contribution in [-0.2, 0) is 21.5 Å². The van der Waals surface area contributed by atoms with Crippen molar-refractivity contribution in [1.82, 2.24) is 0 Å². The lowest BCUT2D eigenvalue weighted by Gasteiger charge is -2.31. The molecule has 3 N–H and O–H groups in total. The smallest absolute Gasteiger partial charge is 0.329 e. The van der Waals surface area contributed by atoms with Crippen LogP contribution in [0.5, 0.6) is 0 Å². The molecule has 4 nitrogen and oxygen atoms in total. The van der Waals surface area contributed by atoms with Gasteiger partial charge in [-0.15, -0.1) is 0 Å². The second-order valence-corrected chi connectivity index (χ2v) is 6.13. The van der Waals surface area contributed by atoms with Crippen molar-refractivity contribution >= 4 is 23.0 Å². The highest BCUT2D eigenvalue weighted by atomic mass is 16.4. The highest BCUT2D eigenvalue weighted by molar-refractivity contribution is 5.88. The Hall–Kier alpha value is -2.98. The van der Waals surface area contributed by atoms with Gasteiger partial charge in [0.1, 0.15) is 11.8 Å². The number of carbonyl (C=O) groups excluding carboxylic acids is 1. The molecule has 25 heavy (non-hydrogen) atoms. The minimum Gasteiger partial charge on any atom is -0.480 e. The molecule has 2 atom stereocenters. The fourth-order valence-electron chi connectivity index (χ4n) is 3.23. The fourth-order valence-corrected chi connectivity index (χ4v) is 3.23. The summed E-state index contributed by atoms with van der Waals surface area (Å²) in [6, 6.07) is 22.1. The predicted octanol–water partition coefficient (Wildman–Crippen LogP) is 3.14. The van der Waals surface area contributed by atoms with Crippen LogP contribution in [0.4, 0.5) is 0 Å². The molecular weight excluding hydrogens is 314 g/mol. The van der Waals surface area contributed by atoms with Crippen molar-refractivity contribution in [2.75, 3.05) is 0 Å². The number of benzene rings is 3.